The van der Waals surface area contributed by atoms with Crippen molar-refractivity contribution < 1.29 is 0 Å². The van der Waals surface area contributed by atoms with E-state index in [9.17, 15) is 0 Å². The Labute approximate surface area is 80.5 Å². The van der Waals surface area contributed by atoms with E-state index in [1.165, 1.54) is 12.0 Å². The number of rotatable bonds is 4. The molecule has 0 heterocycles. The number of hydrogen-bond acceptors (Lipinski definition) is 1. The fourth-order valence-corrected chi connectivity index (χ4v) is 1.29. The molecular weight excluding hydrogens is 158 g/mol. The maximum atomic E-state index is 3.80. The Kier molecular flexibility index (Phi) is 3.56. The third kappa shape index (κ3) is 3.32. The number of benzene rings is 1. The molecule has 1 nitrogen and oxygen atoms in total. The van der Waals surface area contributed by atoms with Crippen LogP contribution in [0.5, 0.6) is 0 Å². The van der Waals surface area contributed by atoms with Crippen molar-refractivity contribution in [2.75, 3.05) is 5.32 Å². The fraction of sp³-hybridized carbons (Fsp3) is 0.333. The van der Waals surface area contributed by atoms with E-state index in [-0.39, 0.29) is 0 Å². The van der Waals surface area contributed by atoms with E-state index in [0.29, 0.717) is 0 Å². The lowest BCUT2D eigenvalue weighted by atomic mass is 10.1. The highest BCUT2D eigenvalue weighted by Crippen LogP contribution is 2.12. The Morgan fingerprint density at radius 1 is 1.31 bits per heavy atom. The average molecular weight is 175 g/mol. The molecule has 13 heavy (non-hydrogen) atoms. The van der Waals surface area contributed by atoms with Crippen molar-refractivity contribution in [2.24, 2.45) is 0 Å². The second-order valence-electron chi connectivity index (χ2n) is 3.35. The number of anilines is 1. The molecule has 0 saturated heterocycles. The van der Waals surface area contributed by atoms with Gasteiger partial charge in [-0.1, -0.05) is 32.1 Å². The molecule has 0 aliphatic heterocycles. The van der Waals surface area contributed by atoms with E-state index >= 15 is 0 Å². The summed E-state index contributed by atoms with van der Waals surface area (Å²) in [5.41, 5.74) is 3.49. The molecule has 1 rings (SSSR count). The number of hydrogen-bond donors (Lipinski definition) is 1. The van der Waals surface area contributed by atoms with E-state index < -0.39 is 0 Å². The van der Waals surface area contributed by atoms with Crippen LogP contribution in [0.3, 0.4) is 0 Å². The zero-order chi connectivity index (χ0) is 9.68. The third-order valence-electron chi connectivity index (χ3n) is 1.85. The summed E-state index contributed by atoms with van der Waals surface area (Å²) in [4.78, 5) is 0. The highest BCUT2D eigenvalue weighted by atomic mass is 14.9. The second kappa shape index (κ2) is 4.70. The van der Waals surface area contributed by atoms with Gasteiger partial charge in [0.2, 0.25) is 0 Å². The van der Waals surface area contributed by atoms with Crippen LogP contribution in [0.15, 0.2) is 36.5 Å². The van der Waals surface area contributed by atoms with E-state index in [1.807, 2.05) is 6.92 Å². The largest absolute Gasteiger partial charge is 0.360 e. The fourth-order valence-electron chi connectivity index (χ4n) is 1.29. The van der Waals surface area contributed by atoms with Crippen molar-refractivity contribution in [1.82, 2.24) is 0 Å². The molecule has 0 aliphatic carbocycles. The lowest BCUT2D eigenvalue weighted by molar-refractivity contribution is 0.922. The van der Waals surface area contributed by atoms with E-state index in [2.05, 4.69) is 43.1 Å². The minimum absolute atomic E-state index is 0.975. The van der Waals surface area contributed by atoms with Crippen LogP contribution in [0.4, 0.5) is 5.69 Å². The minimum Gasteiger partial charge on any atom is -0.360 e. The zero-order valence-corrected chi connectivity index (χ0v) is 8.43. The highest BCUT2D eigenvalue weighted by Gasteiger charge is 1.92. The Bertz CT molecular complexity index is 272. The third-order valence-corrected chi connectivity index (χ3v) is 1.85. The molecule has 0 aliphatic rings. The summed E-state index contributed by atoms with van der Waals surface area (Å²) in [5, 5.41) is 3.18. The Hall–Kier alpha value is -1.24. The van der Waals surface area contributed by atoms with Crippen molar-refractivity contribution in [3.8, 4) is 0 Å². The molecule has 0 amide bonds. The van der Waals surface area contributed by atoms with Gasteiger partial charge >= 0.3 is 0 Å². The molecule has 0 atom stereocenters. The van der Waals surface area contributed by atoms with E-state index in [0.717, 1.165) is 17.8 Å². The molecule has 1 aromatic carbocycles. The van der Waals surface area contributed by atoms with Gasteiger partial charge in [-0.2, -0.15) is 0 Å². The van der Waals surface area contributed by atoms with Crippen LogP contribution in [0.25, 0.3) is 0 Å². The first-order chi connectivity index (χ1) is 6.22. The molecule has 70 valence electrons. The molecule has 0 spiro atoms. The van der Waals surface area contributed by atoms with E-state index in [4.69, 9.17) is 0 Å². The topological polar surface area (TPSA) is 12.0 Å². The SMILES string of the molecule is C=C(C)Nc1ccc(CCC)cc1. The first-order valence-corrected chi connectivity index (χ1v) is 4.74. The zero-order valence-electron chi connectivity index (χ0n) is 8.43. The monoisotopic (exact) mass is 175 g/mol. The quantitative estimate of drug-likeness (QED) is 0.737. The van der Waals surface area contributed by atoms with Crippen LogP contribution in [-0.4, -0.2) is 0 Å². The number of aryl methyl sites for hydroxylation is 1. The number of nitrogens with one attached hydrogen (secondary N) is 1. The molecule has 1 aromatic rings. The van der Waals surface area contributed by atoms with Gasteiger partial charge in [0.15, 0.2) is 0 Å². The second-order valence-corrected chi connectivity index (χ2v) is 3.35. The van der Waals surface area contributed by atoms with Crippen LogP contribution < -0.4 is 5.32 Å². The summed E-state index contributed by atoms with van der Waals surface area (Å²) >= 11 is 0. The minimum atomic E-state index is 0.975. The van der Waals surface area contributed by atoms with Crippen molar-refractivity contribution >= 4 is 5.69 Å². The Balaban J connectivity index is 2.64. The van der Waals surface area contributed by atoms with Gasteiger partial charge in [0, 0.05) is 11.4 Å². The molecule has 0 aromatic heterocycles. The summed E-state index contributed by atoms with van der Waals surface area (Å²) in [7, 11) is 0. The normalized spacial score (nSPS) is 9.69. The number of allylic oxidation sites excluding steroid dienone is 1. The van der Waals surface area contributed by atoms with Crippen LogP contribution in [-0.2, 0) is 6.42 Å². The first-order valence-electron chi connectivity index (χ1n) is 4.74. The molecule has 0 fully saturated rings. The molecule has 0 bridgehead atoms. The Morgan fingerprint density at radius 2 is 1.92 bits per heavy atom. The molecule has 1 N–H and O–H groups in total. The van der Waals surface area contributed by atoms with Gasteiger partial charge in [-0.25, -0.2) is 0 Å². The van der Waals surface area contributed by atoms with Gasteiger partial charge in [0.1, 0.15) is 0 Å². The molecule has 1 heteroatoms. The maximum Gasteiger partial charge on any atom is 0.0381 e. The van der Waals surface area contributed by atoms with E-state index in [1.54, 1.807) is 0 Å². The van der Waals surface area contributed by atoms with Gasteiger partial charge in [-0.3, -0.25) is 0 Å². The summed E-state index contributed by atoms with van der Waals surface area (Å²) in [6, 6.07) is 8.52. The highest BCUT2D eigenvalue weighted by molar-refractivity contribution is 5.48. The van der Waals surface area contributed by atoms with Gasteiger partial charge in [0.25, 0.3) is 0 Å². The van der Waals surface area contributed by atoms with Crippen molar-refractivity contribution in [1.29, 1.82) is 0 Å². The van der Waals surface area contributed by atoms with Crippen LogP contribution in [0.2, 0.25) is 0 Å². The summed E-state index contributed by atoms with van der Waals surface area (Å²) < 4.78 is 0. The average Bonchev–Trinajstić information content (AvgIpc) is 2.08. The van der Waals surface area contributed by atoms with Crippen molar-refractivity contribution in [3.63, 3.8) is 0 Å². The molecular formula is C12H17N. The molecule has 0 radical (unpaired) electrons. The molecule has 0 unspecified atom stereocenters. The lowest BCUT2D eigenvalue weighted by Crippen LogP contribution is -1.93. The van der Waals surface area contributed by atoms with Crippen LogP contribution in [0.1, 0.15) is 25.8 Å². The standard InChI is InChI=1S/C12H17N/c1-4-5-11-6-8-12(9-7-11)13-10(2)3/h6-9,13H,2,4-5H2,1,3H3. The molecule has 0 saturated carbocycles. The summed E-state index contributed by atoms with van der Waals surface area (Å²) in [5.74, 6) is 0. The van der Waals surface area contributed by atoms with Gasteiger partial charge in [-0.15, -0.1) is 0 Å². The predicted molar refractivity (Wildman–Crippen MR) is 58.9 cm³/mol. The summed E-state index contributed by atoms with van der Waals surface area (Å²) in [6.45, 7) is 7.95. The van der Waals surface area contributed by atoms with Crippen molar-refractivity contribution in [3.05, 3.63) is 42.1 Å². The summed E-state index contributed by atoms with van der Waals surface area (Å²) in [6.07, 6.45) is 2.36. The predicted octanol–water partition coefficient (Wildman–Crippen LogP) is 3.58. The van der Waals surface area contributed by atoms with Crippen LogP contribution in [0, 0.1) is 0 Å². The van der Waals surface area contributed by atoms with Gasteiger partial charge < -0.3 is 5.32 Å². The maximum absolute atomic E-state index is 3.80. The first kappa shape index (κ1) is 9.85. The van der Waals surface area contributed by atoms with Crippen LogP contribution >= 0.6 is 0 Å². The lowest BCUT2D eigenvalue weighted by Gasteiger charge is -2.05. The van der Waals surface area contributed by atoms with Gasteiger partial charge in [-0.05, 0) is 31.0 Å². The van der Waals surface area contributed by atoms with Gasteiger partial charge in [0.05, 0.1) is 0 Å². The smallest absolute Gasteiger partial charge is 0.0381 e. The Morgan fingerprint density at radius 3 is 2.38 bits per heavy atom. The van der Waals surface area contributed by atoms with Crippen molar-refractivity contribution in [2.45, 2.75) is 26.7 Å².